The molecule has 0 aromatic rings. The molecule has 1 fully saturated rings. The van der Waals surface area contributed by atoms with E-state index in [1.54, 1.807) is 0 Å². The monoisotopic (exact) mass is 159 g/mol. The van der Waals surface area contributed by atoms with Gasteiger partial charge in [-0.15, -0.1) is 0 Å². The lowest BCUT2D eigenvalue weighted by atomic mass is 10.2. The number of ether oxygens (including phenoxy) is 1. The second kappa shape index (κ2) is 3.69. The van der Waals surface area contributed by atoms with Crippen molar-refractivity contribution in [1.29, 1.82) is 0 Å². The van der Waals surface area contributed by atoms with E-state index in [0.29, 0.717) is 12.8 Å². The molecule has 0 aromatic carbocycles. The largest absolute Gasteiger partial charge is 0.396 e. The van der Waals surface area contributed by atoms with Gasteiger partial charge in [-0.25, -0.2) is 0 Å². The molecule has 1 unspecified atom stereocenters. The van der Waals surface area contributed by atoms with Crippen LogP contribution < -0.4 is 5.32 Å². The minimum atomic E-state index is -0.121. The summed E-state index contributed by atoms with van der Waals surface area (Å²) in [4.78, 5) is 10.4. The number of aliphatic hydroxyl groups excluding tert-OH is 1. The quantitative estimate of drug-likeness (QED) is 0.550. The number of rotatable bonds is 4. The second-order valence-corrected chi connectivity index (χ2v) is 2.72. The molecule has 1 aliphatic heterocycles. The van der Waals surface area contributed by atoms with Crippen molar-refractivity contribution in [3.05, 3.63) is 0 Å². The first-order chi connectivity index (χ1) is 5.22. The number of aliphatic hydroxyl groups is 1. The summed E-state index contributed by atoms with van der Waals surface area (Å²) in [5.74, 6) is 0.0335. The first-order valence-electron chi connectivity index (χ1n) is 3.78. The van der Waals surface area contributed by atoms with Crippen LogP contribution in [-0.2, 0) is 9.53 Å². The van der Waals surface area contributed by atoms with Crippen molar-refractivity contribution in [2.75, 3.05) is 6.61 Å². The zero-order valence-electron chi connectivity index (χ0n) is 6.54. The van der Waals surface area contributed by atoms with E-state index in [9.17, 15) is 4.79 Å². The Labute approximate surface area is 65.5 Å². The molecule has 4 heteroatoms. The van der Waals surface area contributed by atoms with Crippen molar-refractivity contribution >= 4 is 5.91 Å². The van der Waals surface area contributed by atoms with Crippen molar-refractivity contribution in [3.63, 3.8) is 0 Å². The average molecular weight is 159 g/mol. The first kappa shape index (κ1) is 8.49. The molecule has 1 aliphatic rings. The van der Waals surface area contributed by atoms with E-state index in [4.69, 9.17) is 9.84 Å². The molecule has 2 N–H and O–H groups in total. The van der Waals surface area contributed by atoms with E-state index in [0.717, 1.165) is 0 Å². The Morgan fingerprint density at radius 3 is 3.00 bits per heavy atom. The van der Waals surface area contributed by atoms with Gasteiger partial charge in [0.2, 0.25) is 5.91 Å². The molecule has 11 heavy (non-hydrogen) atoms. The first-order valence-corrected chi connectivity index (χ1v) is 3.78. The third-order valence-electron chi connectivity index (χ3n) is 1.62. The molecular weight excluding hydrogens is 146 g/mol. The highest BCUT2D eigenvalue weighted by molar-refractivity contribution is 5.82. The van der Waals surface area contributed by atoms with Gasteiger partial charge in [-0.1, -0.05) is 0 Å². The zero-order chi connectivity index (χ0) is 8.27. The Morgan fingerprint density at radius 1 is 1.91 bits per heavy atom. The fourth-order valence-corrected chi connectivity index (χ4v) is 0.939. The summed E-state index contributed by atoms with van der Waals surface area (Å²) in [6.07, 6.45) is 0.969. The van der Waals surface area contributed by atoms with E-state index < -0.39 is 0 Å². The molecule has 0 aromatic heterocycles. The Morgan fingerprint density at radius 2 is 2.55 bits per heavy atom. The topological polar surface area (TPSA) is 58.6 Å². The lowest BCUT2D eigenvalue weighted by Crippen LogP contribution is -2.51. The average Bonchev–Trinajstić information content (AvgIpc) is 1.85. The van der Waals surface area contributed by atoms with Crippen LogP contribution in [0.1, 0.15) is 19.8 Å². The van der Waals surface area contributed by atoms with E-state index in [2.05, 4.69) is 5.32 Å². The van der Waals surface area contributed by atoms with Crippen LogP contribution in [0.5, 0.6) is 0 Å². The maximum atomic E-state index is 10.4. The van der Waals surface area contributed by atoms with Crippen molar-refractivity contribution in [3.8, 4) is 0 Å². The molecule has 0 bridgehead atoms. The van der Waals surface area contributed by atoms with Crippen LogP contribution in [0, 0.1) is 0 Å². The van der Waals surface area contributed by atoms with Gasteiger partial charge in [0.05, 0.1) is 12.5 Å². The van der Waals surface area contributed by atoms with Gasteiger partial charge in [0, 0.05) is 6.61 Å². The molecule has 1 amide bonds. The summed E-state index contributed by atoms with van der Waals surface area (Å²) in [5.41, 5.74) is 0. The highest BCUT2D eigenvalue weighted by Crippen LogP contribution is 2.09. The minimum Gasteiger partial charge on any atom is -0.396 e. The Hall–Kier alpha value is -0.610. The number of carbonyl (C=O) groups is 1. The van der Waals surface area contributed by atoms with Crippen LogP contribution >= 0.6 is 0 Å². The summed E-state index contributed by atoms with van der Waals surface area (Å²) in [6, 6.07) is 0. The van der Waals surface area contributed by atoms with Gasteiger partial charge in [-0.2, -0.15) is 0 Å². The van der Waals surface area contributed by atoms with Gasteiger partial charge in [0.15, 0.2) is 0 Å². The van der Waals surface area contributed by atoms with Gasteiger partial charge in [-0.3, -0.25) is 4.79 Å². The molecule has 1 saturated heterocycles. The smallest absolute Gasteiger partial charge is 0.226 e. The number of hydrogen-bond donors (Lipinski definition) is 2. The van der Waals surface area contributed by atoms with Gasteiger partial charge < -0.3 is 15.2 Å². The molecule has 0 radical (unpaired) electrons. The Kier molecular flexibility index (Phi) is 2.84. The highest BCUT2D eigenvalue weighted by atomic mass is 16.5. The predicted molar refractivity (Wildman–Crippen MR) is 38.8 cm³/mol. The molecule has 1 heterocycles. The molecule has 2 atom stereocenters. The van der Waals surface area contributed by atoms with Crippen LogP contribution in [0.4, 0.5) is 0 Å². The normalized spacial score (nSPS) is 25.6. The summed E-state index contributed by atoms with van der Waals surface area (Å²) in [5, 5.41) is 11.1. The van der Waals surface area contributed by atoms with E-state index in [1.807, 2.05) is 6.92 Å². The lowest BCUT2D eigenvalue weighted by Gasteiger charge is -2.29. The molecule has 0 spiro atoms. The number of hydrogen-bond acceptors (Lipinski definition) is 3. The van der Waals surface area contributed by atoms with E-state index in [1.165, 1.54) is 0 Å². The maximum Gasteiger partial charge on any atom is 0.226 e. The fourth-order valence-electron chi connectivity index (χ4n) is 0.939. The van der Waals surface area contributed by atoms with Crippen LogP contribution in [-0.4, -0.2) is 30.0 Å². The standard InChI is InChI=1S/C7H13NO3/c1-5(2-3-9)11-7-4-6(10)8-7/h5,7,9H,2-4H2,1H3,(H,8,10)/t5-,7?/m1/s1. The molecule has 4 nitrogen and oxygen atoms in total. The molecule has 0 aliphatic carbocycles. The molecular formula is C7H13NO3. The van der Waals surface area contributed by atoms with E-state index in [-0.39, 0.29) is 24.8 Å². The maximum absolute atomic E-state index is 10.4. The lowest BCUT2D eigenvalue weighted by molar-refractivity contribution is -0.145. The zero-order valence-corrected chi connectivity index (χ0v) is 6.54. The Bertz CT molecular complexity index is 141. The van der Waals surface area contributed by atoms with Gasteiger partial charge >= 0.3 is 0 Å². The Balaban J connectivity index is 2.06. The minimum absolute atomic E-state index is 0.0191. The van der Waals surface area contributed by atoms with Crippen LogP contribution in [0.3, 0.4) is 0 Å². The molecule has 0 saturated carbocycles. The van der Waals surface area contributed by atoms with Crippen molar-refractivity contribution < 1.29 is 14.6 Å². The van der Waals surface area contributed by atoms with Gasteiger partial charge in [0.25, 0.3) is 0 Å². The van der Waals surface area contributed by atoms with Crippen molar-refractivity contribution in [1.82, 2.24) is 5.32 Å². The van der Waals surface area contributed by atoms with Crippen molar-refractivity contribution in [2.24, 2.45) is 0 Å². The summed E-state index contributed by atoms with van der Waals surface area (Å²) < 4.78 is 5.31. The molecule has 64 valence electrons. The predicted octanol–water partition coefficient (Wildman–Crippen LogP) is -0.380. The summed E-state index contributed by atoms with van der Waals surface area (Å²) >= 11 is 0. The fraction of sp³-hybridized carbons (Fsp3) is 0.857. The van der Waals surface area contributed by atoms with Crippen LogP contribution in [0.25, 0.3) is 0 Å². The third-order valence-corrected chi connectivity index (χ3v) is 1.62. The van der Waals surface area contributed by atoms with Gasteiger partial charge in [0.1, 0.15) is 6.23 Å². The van der Waals surface area contributed by atoms with Gasteiger partial charge in [-0.05, 0) is 13.3 Å². The second-order valence-electron chi connectivity index (χ2n) is 2.72. The third kappa shape index (κ3) is 2.48. The summed E-state index contributed by atoms with van der Waals surface area (Å²) in [6.45, 7) is 2.00. The number of β-lactam (4-membered cyclic amide) rings is 1. The van der Waals surface area contributed by atoms with Crippen molar-refractivity contribution in [2.45, 2.75) is 32.1 Å². The summed E-state index contributed by atoms with van der Waals surface area (Å²) in [7, 11) is 0. The highest BCUT2D eigenvalue weighted by Gasteiger charge is 2.27. The number of nitrogens with one attached hydrogen (secondary N) is 1. The van der Waals surface area contributed by atoms with E-state index >= 15 is 0 Å². The van der Waals surface area contributed by atoms with Crippen LogP contribution in [0.15, 0.2) is 0 Å². The number of amides is 1. The number of carbonyl (C=O) groups excluding carboxylic acids is 1. The SMILES string of the molecule is C[C@H](CCO)OC1CC(=O)N1. The van der Waals surface area contributed by atoms with Crippen LogP contribution in [0.2, 0.25) is 0 Å². The molecule has 1 rings (SSSR count).